The monoisotopic (exact) mass is 793 g/mol. The van der Waals surface area contributed by atoms with Gasteiger partial charge in [-0.15, -0.1) is 11.3 Å². The smallest absolute Gasteiger partial charge is 0.306 e. The van der Waals surface area contributed by atoms with E-state index in [1.165, 1.54) is 0 Å². The van der Waals surface area contributed by atoms with Gasteiger partial charge in [-0.3, -0.25) is 24.0 Å². The van der Waals surface area contributed by atoms with Crippen molar-refractivity contribution < 1.29 is 29.1 Å². The molecule has 0 spiro atoms. The van der Waals surface area contributed by atoms with E-state index < -0.39 is 53.8 Å². The van der Waals surface area contributed by atoms with Crippen LogP contribution in [-0.2, 0) is 43.2 Å². The first-order valence-electron chi connectivity index (χ1n) is 19.5. The van der Waals surface area contributed by atoms with Gasteiger partial charge in [0, 0.05) is 54.2 Å². The molecule has 57 heavy (non-hydrogen) atoms. The lowest BCUT2D eigenvalue weighted by molar-refractivity contribution is -0.146. The Bertz CT molecular complexity index is 2160. The van der Waals surface area contributed by atoms with Crippen molar-refractivity contribution in [3.05, 3.63) is 107 Å². The average Bonchev–Trinajstić information content (AvgIpc) is 3.84. The molecule has 0 unspecified atom stereocenters. The Hall–Kier alpha value is -5.57. The first-order valence-corrected chi connectivity index (χ1v) is 20.4. The molecule has 0 radical (unpaired) electrons. The number of hydrogen-bond acceptors (Lipinski definition) is 8. The van der Waals surface area contributed by atoms with Crippen LogP contribution >= 0.6 is 11.3 Å². The fraction of sp³-hybridized carbons (Fsp3) is 0.372. The number of carbonyl (C=O) groups excluding carboxylic acids is 4. The number of benzene rings is 3. The molecule has 5 aromatic rings. The third-order valence-corrected chi connectivity index (χ3v) is 11.7. The SMILES string of the molecule is NCCCC[C@H](N)C(=O)N[C@@H](Cc1ccccc1)C(=O)N[C@H](Cc1c[nH]c2ccccc12)C(=O)N[C@H](Cc1csc2ccccc12)C(=O)N1CCC(C(=O)O)CC1. The number of nitrogens with one attached hydrogen (secondary N) is 4. The van der Waals surface area contributed by atoms with Gasteiger partial charge in [-0.25, -0.2) is 0 Å². The number of aliphatic carboxylic acids is 1. The predicted molar refractivity (Wildman–Crippen MR) is 221 cm³/mol. The summed E-state index contributed by atoms with van der Waals surface area (Å²) in [5, 5.41) is 22.2. The lowest BCUT2D eigenvalue weighted by Gasteiger charge is -2.33. The van der Waals surface area contributed by atoms with Gasteiger partial charge in [-0.05, 0) is 71.8 Å². The molecule has 2 aromatic heterocycles. The average molecular weight is 794 g/mol. The number of unbranched alkanes of at least 4 members (excludes halogenated alkanes) is 1. The third-order valence-electron chi connectivity index (χ3n) is 10.7. The van der Waals surface area contributed by atoms with E-state index >= 15 is 0 Å². The number of carboxylic acid groups (broad SMARTS) is 1. The number of piperidine rings is 1. The highest BCUT2D eigenvalue weighted by Crippen LogP contribution is 2.28. The van der Waals surface area contributed by atoms with E-state index in [4.69, 9.17) is 11.5 Å². The molecule has 3 heterocycles. The zero-order chi connectivity index (χ0) is 40.3. The van der Waals surface area contributed by atoms with Crippen molar-refractivity contribution >= 4 is 61.9 Å². The highest BCUT2D eigenvalue weighted by Gasteiger charge is 2.35. The number of likely N-dealkylation sites (tertiary alicyclic amines) is 1. The Balaban J connectivity index is 1.29. The van der Waals surface area contributed by atoms with Crippen molar-refractivity contribution in [3.8, 4) is 0 Å². The number of amides is 4. The number of thiophene rings is 1. The van der Waals surface area contributed by atoms with Gasteiger partial charge in [0.1, 0.15) is 18.1 Å². The number of para-hydroxylation sites is 1. The summed E-state index contributed by atoms with van der Waals surface area (Å²) in [6.45, 7) is 0.974. The van der Waals surface area contributed by atoms with Crippen molar-refractivity contribution in [1.82, 2.24) is 25.8 Å². The summed E-state index contributed by atoms with van der Waals surface area (Å²) < 4.78 is 1.04. The molecule has 4 amide bonds. The van der Waals surface area contributed by atoms with Gasteiger partial charge in [-0.2, -0.15) is 0 Å². The van der Waals surface area contributed by atoms with Gasteiger partial charge >= 0.3 is 5.97 Å². The largest absolute Gasteiger partial charge is 0.481 e. The molecular formula is C43H51N7O6S. The Labute approximate surface area is 335 Å². The normalized spacial score (nSPS) is 15.4. The van der Waals surface area contributed by atoms with Crippen LogP contribution in [0, 0.1) is 5.92 Å². The van der Waals surface area contributed by atoms with Gasteiger partial charge in [0.25, 0.3) is 0 Å². The quantitative estimate of drug-likeness (QED) is 0.0650. The zero-order valence-corrected chi connectivity index (χ0v) is 32.6. The third kappa shape index (κ3) is 10.6. The summed E-state index contributed by atoms with van der Waals surface area (Å²) >= 11 is 1.55. The van der Waals surface area contributed by atoms with Crippen molar-refractivity contribution in [2.24, 2.45) is 17.4 Å². The molecule has 6 rings (SSSR count). The number of rotatable bonds is 18. The summed E-state index contributed by atoms with van der Waals surface area (Å²) in [4.78, 5) is 73.2. The zero-order valence-electron chi connectivity index (χ0n) is 31.8. The molecule has 9 N–H and O–H groups in total. The topological polar surface area (TPSA) is 213 Å². The van der Waals surface area contributed by atoms with Crippen LogP contribution in [0.4, 0.5) is 0 Å². The van der Waals surface area contributed by atoms with Crippen LogP contribution < -0.4 is 27.4 Å². The van der Waals surface area contributed by atoms with E-state index in [0.29, 0.717) is 38.6 Å². The number of H-pyrrole nitrogens is 1. The molecule has 1 fully saturated rings. The van der Waals surface area contributed by atoms with E-state index in [2.05, 4.69) is 20.9 Å². The first kappa shape index (κ1) is 41.1. The number of nitrogens with two attached hydrogens (primary N) is 2. The molecule has 300 valence electrons. The Morgan fingerprint density at radius 2 is 1.37 bits per heavy atom. The molecule has 3 aromatic carbocycles. The minimum atomic E-state index is -1.16. The van der Waals surface area contributed by atoms with Crippen LogP contribution in [0.5, 0.6) is 0 Å². The second kappa shape index (κ2) is 19.5. The molecule has 0 aliphatic carbocycles. The second-order valence-corrected chi connectivity index (χ2v) is 15.6. The van der Waals surface area contributed by atoms with Crippen LogP contribution in [0.1, 0.15) is 48.8 Å². The molecule has 4 atom stereocenters. The summed E-state index contributed by atoms with van der Waals surface area (Å²) in [5.74, 6) is -3.39. The minimum Gasteiger partial charge on any atom is -0.481 e. The van der Waals surface area contributed by atoms with E-state index in [-0.39, 0.29) is 38.3 Å². The number of fused-ring (bicyclic) bond motifs is 2. The van der Waals surface area contributed by atoms with Gasteiger partial charge in [0.2, 0.25) is 23.6 Å². The number of hydrogen-bond donors (Lipinski definition) is 7. The molecule has 0 saturated carbocycles. The van der Waals surface area contributed by atoms with Crippen LogP contribution in [0.15, 0.2) is 90.4 Å². The summed E-state index contributed by atoms with van der Waals surface area (Å²) in [5.41, 5.74) is 15.2. The number of carboxylic acids is 1. The van der Waals surface area contributed by atoms with Gasteiger partial charge < -0.3 is 42.4 Å². The predicted octanol–water partition coefficient (Wildman–Crippen LogP) is 3.64. The van der Waals surface area contributed by atoms with Gasteiger partial charge in [-0.1, -0.05) is 73.2 Å². The van der Waals surface area contributed by atoms with E-state index in [9.17, 15) is 29.1 Å². The highest BCUT2D eigenvalue weighted by atomic mass is 32.1. The molecule has 1 saturated heterocycles. The molecule has 13 nitrogen and oxygen atoms in total. The Morgan fingerprint density at radius 1 is 0.754 bits per heavy atom. The molecule has 14 heteroatoms. The number of carbonyl (C=O) groups is 5. The first-order chi connectivity index (χ1) is 27.6. The van der Waals surface area contributed by atoms with Gasteiger partial charge in [0.05, 0.1) is 12.0 Å². The summed E-state index contributed by atoms with van der Waals surface area (Å²) in [7, 11) is 0. The number of aromatic amines is 1. The standard InChI is InChI=1S/C43H51N7O6S/c44-19-9-8-14-33(45)39(51)47-35(22-27-10-2-1-3-11-27)40(52)48-36(23-29-25-46-34-15-6-4-12-31(29)34)41(53)49-37(24-30-26-57-38-16-7-5-13-32(30)38)42(54)50-20-17-28(18-21-50)43(55)56/h1-7,10-13,15-16,25-26,28,33,35-37,46H,8-9,14,17-24,44-45H2,(H,47,51)(H,48,52)(H,49,53)(H,55,56)/t33-,35-,36+,37+/m0/s1. The highest BCUT2D eigenvalue weighted by molar-refractivity contribution is 7.17. The maximum absolute atomic E-state index is 14.6. The Morgan fingerprint density at radius 3 is 2.09 bits per heavy atom. The summed E-state index contributed by atoms with van der Waals surface area (Å²) in [6, 6.07) is 20.7. The number of aromatic nitrogens is 1. The lowest BCUT2D eigenvalue weighted by atomic mass is 9.95. The number of nitrogens with zero attached hydrogens (tertiary/aromatic N) is 1. The van der Waals surface area contributed by atoms with Crippen LogP contribution in [0.25, 0.3) is 21.0 Å². The van der Waals surface area contributed by atoms with Crippen molar-refractivity contribution in [1.29, 1.82) is 0 Å². The maximum Gasteiger partial charge on any atom is 0.306 e. The van der Waals surface area contributed by atoms with Crippen molar-refractivity contribution in [2.75, 3.05) is 19.6 Å². The Kier molecular flexibility index (Phi) is 14.1. The van der Waals surface area contributed by atoms with E-state index in [1.54, 1.807) is 22.4 Å². The summed E-state index contributed by atoms with van der Waals surface area (Å²) in [6.07, 6.45) is 4.62. The molecule has 1 aliphatic heterocycles. The lowest BCUT2D eigenvalue weighted by Crippen LogP contribution is -2.59. The molecule has 1 aliphatic rings. The van der Waals surface area contributed by atoms with Crippen molar-refractivity contribution in [2.45, 2.75) is 75.5 Å². The van der Waals surface area contributed by atoms with E-state index in [0.717, 1.165) is 37.7 Å². The van der Waals surface area contributed by atoms with Gasteiger partial charge in [0.15, 0.2) is 0 Å². The van der Waals surface area contributed by atoms with E-state index in [1.807, 2.05) is 84.2 Å². The fourth-order valence-corrected chi connectivity index (χ4v) is 8.41. The fourth-order valence-electron chi connectivity index (χ4n) is 7.43. The minimum absolute atomic E-state index is 0.0818. The van der Waals surface area contributed by atoms with Crippen LogP contribution in [0.2, 0.25) is 0 Å². The van der Waals surface area contributed by atoms with Crippen LogP contribution in [-0.4, -0.2) is 88.4 Å². The molecule has 0 bridgehead atoms. The van der Waals surface area contributed by atoms with Crippen LogP contribution in [0.3, 0.4) is 0 Å². The second-order valence-electron chi connectivity index (χ2n) is 14.7. The van der Waals surface area contributed by atoms with Crippen molar-refractivity contribution in [3.63, 3.8) is 0 Å². The maximum atomic E-state index is 14.6. The molecular weight excluding hydrogens is 743 g/mol.